The molecular weight excluding hydrogens is 264 g/mol. The Labute approximate surface area is 125 Å². The van der Waals surface area contributed by atoms with Gasteiger partial charge in [-0.3, -0.25) is 4.79 Å². The fraction of sp³-hybridized carbons (Fsp3) is 0.588. The molecule has 4 nitrogen and oxygen atoms in total. The van der Waals surface area contributed by atoms with Crippen LogP contribution in [0.15, 0.2) is 12.1 Å². The Bertz CT molecular complexity index is 544. The molecule has 4 heteroatoms. The van der Waals surface area contributed by atoms with Gasteiger partial charge in [-0.05, 0) is 57.1 Å². The maximum Gasteiger partial charge on any atom is 0.224 e. The second-order valence-electron chi connectivity index (χ2n) is 6.63. The van der Waals surface area contributed by atoms with Crippen molar-refractivity contribution in [3.05, 3.63) is 23.3 Å². The molecule has 2 atom stereocenters. The summed E-state index contributed by atoms with van der Waals surface area (Å²) in [5.74, 6) is 0.823. The van der Waals surface area contributed by atoms with E-state index in [4.69, 9.17) is 0 Å². The van der Waals surface area contributed by atoms with E-state index in [2.05, 4.69) is 10.6 Å². The third-order valence-electron chi connectivity index (χ3n) is 4.95. The Morgan fingerprint density at radius 2 is 1.95 bits per heavy atom. The molecular formula is C17H24N2O2. The van der Waals surface area contributed by atoms with E-state index in [1.54, 1.807) is 0 Å². The molecule has 114 valence electrons. The van der Waals surface area contributed by atoms with E-state index in [9.17, 15) is 9.90 Å². The Balaban J connectivity index is 1.61. The fourth-order valence-electron chi connectivity index (χ4n) is 3.78. The number of phenols is 1. The Morgan fingerprint density at radius 1 is 1.29 bits per heavy atom. The third kappa shape index (κ3) is 3.05. The van der Waals surface area contributed by atoms with Gasteiger partial charge >= 0.3 is 0 Å². The third-order valence-corrected chi connectivity index (χ3v) is 4.95. The maximum absolute atomic E-state index is 12.2. The Morgan fingerprint density at radius 3 is 2.62 bits per heavy atom. The molecule has 21 heavy (non-hydrogen) atoms. The smallest absolute Gasteiger partial charge is 0.224 e. The largest absolute Gasteiger partial charge is 0.507 e. The van der Waals surface area contributed by atoms with Gasteiger partial charge in [0.25, 0.3) is 0 Å². The number of anilines is 1. The van der Waals surface area contributed by atoms with Crippen LogP contribution in [-0.2, 0) is 4.79 Å². The number of carbonyl (C=O) groups excluding carboxylic acids is 1. The van der Waals surface area contributed by atoms with E-state index in [0.29, 0.717) is 24.4 Å². The molecule has 2 fully saturated rings. The average molecular weight is 288 g/mol. The Hall–Kier alpha value is -1.55. The van der Waals surface area contributed by atoms with Crippen molar-refractivity contribution in [1.29, 1.82) is 0 Å². The number of rotatable bonds is 3. The van der Waals surface area contributed by atoms with Crippen LogP contribution in [0.1, 0.15) is 43.2 Å². The first kappa shape index (κ1) is 14.4. The minimum Gasteiger partial charge on any atom is -0.507 e. The second-order valence-corrected chi connectivity index (χ2v) is 6.63. The molecule has 1 aromatic carbocycles. The molecule has 3 N–H and O–H groups in total. The van der Waals surface area contributed by atoms with Crippen LogP contribution in [0, 0.1) is 19.8 Å². The van der Waals surface area contributed by atoms with E-state index < -0.39 is 0 Å². The van der Waals surface area contributed by atoms with Crippen LogP contribution >= 0.6 is 0 Å². The van der Waals surface area contributed by atoms with Gasteiger partial charge in [-0.1, -0.05) is 6.07 Å². The zero-order valence-corrected chi connectivity index (χ0v) is 12.8. The van der Waals surface area contributed by atoms with Crippen LogP contribution in [0.3, 0.4) is 0 Å². The van der Waals surface area contributed by atoms with Gasteiger partial charge in [0.05, 0.1) is 0 Å². The highest BCUT2D eigenvalue weighted by molar-refractivity contribution is 5.92. The monoisotopic (exact) mass is 288 g/mol. The first-order valence-corrected chi connectivity index (χ1v) is 7.88. The zero-order valence-electron chi connectivity index (χ0n) is 12.8. The number of nitrogens with one attached hydrogen (secondary N) is 2. The molecule has 2 unspecified atom stereocenters. The summed E-state index contributed by atoms with van der Waals surface area (Å²) >= 11 is 0. The summed E-state index contributed by atoms with van der Waals surface area (Å²) in [7, 11) is 0. The molecule has 0 spiro atoms. The molecule has 1 amide bonds. The quantitative estimate of drug-likeness (QED) is 0.801. The van der Waals surface area contributed by atoms with Crippen LogP contribution in [0.5, 0.6) is 5.75 Å². The van der Waals surface area contributed by atoms with E-state index in [1.807, 2.05) is 26.0 Å². The molecule has 2 saturated heterocycles. The van der Waals surface area contributed by atoms with Gasteiger partial charge in [0.2, 0.25) is 5.91 Å². The van der Waals surface area contributed by atoms with Crippen molar-refractivity contribution >= 4 is 11.6 Å². The topological polar surface area (TPSA) is 61.4 Å². The lowest BCUT2D eigenvalue weighted by Gasteiger charge is -2.28. The number of hydrogen-bond donors (Lipinski definition) is 3. The maximum atomic E-state index is 12.2. The molecule has 2 heterocycles. The number of phenolic OH excluding ortho intramolecular Hbond substituents is 1. The van der Waals surface area contributed by atoms with Gasteiger partial charge in [0.1, 0.15) is 5.75 Å². The summed E-state index contributed by atoms with van der Waals surface area (Å²) in [6.07, 6.45) is 5.33. The molecule has 0 saturated carbocycles. The lowest BCUT2D eigenvalue weighted by atomic mass is 9.89. The Kier molecular flexibility index (Phi) is 3.89. The van der Waals surface area contributed by atoms with Crippen molar-refractivity contribution in [1.82, 2.24) is 5.32 Å². The molecule has 1 aromatic rings. The van der Waals surface area contributed by atoms with Crippen LogP contribution in [0.2, 0.25) is 0 Å². The van der Waals surface area contributed by atoms with Crippen molar-refractivity contribution in [2.45, 2.75) is 58.0 Å². The number of piperidine rings is 1. The summed E-state index contributed by atoms with van der Waals surface area (Å²) in [5, 5.41) is 16.5. The number of carbonyl (C=O) groups is 1. The van der Waals surface area contributed by atoms with Gasteiger partial charge in [0, 0.05) is 29.8 Å². The van der Waals surface area contributed by atoms with E-state index in [-0.39, 0.29) is 11.7 Å². The summed E-state index contributed by atoms with van der Waals surface area (Å²) in [4.78, 5) is 12.2. The molecule has 2 bridgehead atoms. The van der Waals surface area contributed by atoms with Crippen LogP contribution < -0.4 is 10.6 Å². The zero-order chi connectivity index (χ0) is 15.0. The molecule has 0 aliphatic carbocycles. The minimum atomic E-state index is 0.0626. The highest BCUT2D eigenvalue weighted by atomic mass is 16.3. The van der Waals surface area contributed by atoms with Gasteiger partial charge in [-0.2, -0.15) is 0 Å². The van der Waals surface area contributed by atoms with Crippen molar-refractivity contribution in [2.75, 3.05) is 5.32 Å². The number of fused-ring (bicyclic) bond motifs is 2. The molecule has 3 rings (SSSR count). The summed E-state index contributed by atoms with van der Waals surface area (Å²) < 4.78 is 0. The molecule has 0 aromatic heterocycles. The van der Waals surface area contributed by atoms with Crippen LogP contribution in [-0.4, -0.2) is 23.1 Å². The van der Waals surface area contributed by atoms with Crippen LogP contribution in [0.25, 0.3) is 0 Å². The number of aromatic hydroxyl groups is 1. The fourth-order valence-corrected chi connectivity index (χ4v) is 3.78. The predicted octanol–water partition coefficient (Wildman–Crippen LogP) is 2.87. The summed E-state index contributed by atoms with van der Waals surface area (Å²) in [6, 6.07) is 4.94. The van der Waals surface area contributed by atoms with Crippen molar-refractivity contribution in [2.24, 2.45) is 5.92 Å². The van der Waals surface area contributed by atoms with Crippen LogP contribution in [0.4, 0.5) is 5.69 Å². The summed E-state index contributed by atoms with van der Waals surface area (Å²) in [5.41, 5.74) is 2.30. The average Bonchev–Trinajstić information content (AvgIpc) is 2.79. The predicted molar refractivity (Wildman–Crippen MR) is 83.5 cm³/mol. The SMILES string of the molecule is Cc1ccc(NC(=O)CC2CC3CCC(C2)N3)c(C)c1O. The first-order chi connectivity index (χ1) is 10.0. The van der Waals surface area contributed by atoms with Crippen molar-refractivity contribution < 1.29 is 9.90 Å². The number of hydrogen-bond acceptors (Lipinski definition) is 3. The number of amides is 1. The normalized spacial score (nSPS) is 27.6. The van der Waals surface area contributed by atoms with Crippen molar-refractivity contribution in [3.8, 4) is 5.75 Å². The van der Waals surface area contributed by atoms with E-state index in [1.165, 1.54) is 12.8 Å². The first-order valence-electron chi connectivity index (χ1n) is 7.88. The van der Waals surface area contributed by atoms with Gasteiger partial charge in [-0.25, -0.2) is 0 Å². The molecule has 2 aliphatic heterocycles. The lowest BCUT2D eigenvalue weighted by Crippen LogP contribution is -2.39. The number of aryl methyl sites for hydroxylation is 1. The lowest BCUT2D eigenvalue weighted by molar-refractivity contribution is -0.117. The summed E-state index contributed by atoms with van der Waals surface area (Å²) in [6.45, 7) is 3.70. The highest BCUT2D eigenvalue weighted by Gasteiger charge is 2.34. The molecule has 0 radical (unpaired) electrons. The minimum absolute atomic E-state index is 0.0626. The van der Waals surface area contributed by atoms with Crippen molar-refractivity contribution in [3.63, 3.8) is 0 Å². The second kappa shape index (κ2) is 5.68. The van der Waals surface area contributed by atoms with E-state index >= 15 is 0 Å². The van der Waals surface area contributed by atoms with Gasteiger partial charge < -0.3 is 15.7 Å². The standard InChI is InChI=1S/C17H24N2O2/c1-10-3-6-15(11(2)17(10)21)19-16(20)9-12-7-13-4-5-14(8-12)18-13/h3,6,12-14,18,21H,4-5,7-9H2,1-2H3,(H,19,20). The molecule has 2 aliphatic rings. The van der Waals surface area contributed by atoms with Gasteiger partial charge in [-0.15, -0.1) is 0 Å². The number of benzene rings is 1. The highest BCUT2D eigenvalue weighted by Crippen LogP contribution is 2.33. The van der Waals surface area contributed by atoms with Gasteiger partial charge in [0.15, 0.2) is 0 Å². The van der Waals surface area contributed by atoms with E-state index in [0.717, 1.165) is 29.7 Å².